The van der Waals surface area contributed by atoms with Crippen LogP contribution in [0.5, 0.6) is 23.0 Å². The summed E-state index contributed by atoms with van der Waals surface area (Å²) in [5.41, 5.74) is 3.43. The van der Waals surface area contributed by atoms with Gasteiger partial charge in [-0.05, 0) is 134 Å². The maximum atomic E-state index is 13.0. The molecule has 6 rings (SSSR count). The van der Waals surface area contributed by atoms with Crippen LogP contribution in [0.2, 0.25) is 5.02 Å². The Hall–Kier alpha value is -7.48. The van der Waals surface area contributed by atoms with Gasteiger partial charge in [0.2, 0.25) is 0 Å². The fourth-order valence-corrected chi connectivity index (χ4v) is 7.03. The van der Waals surface area contributed by atoms with Crippen LogP contribution in [0.15, 0.2) is 121 Å². The number of hydrogen-bond donors (Lipinski definition) is 2. The molecular weight excluding hydrogens is 857 g/mol. The third-order valence-corrected chi connectivity index (χ3v) is 10.8. The van der Waals surface area contributed by atoms with E-state index in [2.05, 4.69) is 22.8 Å². The van der Waals surface area contributed by atoms with Gasteiger partial charge in [-0.25, -0.2) is 0 Å². The quantitative estimate of drug-likeness (QED) is 0.124. The minimum absolute atomic E-state index is 0.293. The van der Waals surface area contributed by atoms with E-state index in [-0.39, 0.29) is 5.91 Å². The van der Waals surface area contributed by atoms with Crippen LogP contribution in [0.3, 0.4) is 0 Å². The molecule has 0 atom stereocenters. The monoisotopic (exact) mass is 902 g/mol. The molecule has 0 heterocycles. The number of benzene rings is 6. The molecule has 6 aromatic rings. The molecular formula is C51H46ClF3N4O6. The maximum absolute atomic E-state index is 13.0. The van der Waals surface area contributed by atoms with Crippen molar-refractivity contribution in [1.29, 1.82) is 10.5 Å². The van der Waals surface area contributed by atoms with Gasteiger partial charge >= 0.3 is 6.18 Å². The van der Waals surface area contributed by atoms with Crippen LogP contribution in [0.4, 0.5) is 24.5 Å². The van der Waals surface area contributed by atoms with Crippen molar-refractivity contribution in [3.8, 4) is 57.4 Å². The molecule has 65 heavy (non-hydrogen) atoms. The Morgan fingerprint density at radius 2 is 0.969 bits per heavy atom. The van der Waals surface area contributed by atoms with Gasteiger partial charge in [0.05, 0.1) is 57.0 Å². The zero-order chi connectivity index (χ0) is 47.7. The Bertz CT molecular complexity index is 2790. The second-order valence-corrected chi connectivity index (χ2v) is 16.0. The Kier molecular flexibility index (Phi) is 15.2. The third-order valence-electron chi connectivity index (χ3n) is 10.4. The van der Waals surface area contributed by atoms with Gasteiger partial charge in [0.15, 0.2) is 23.0 Å². The molecule has 0 aliphatic heterocycles. The summed E-state index contributed by atoms with van der Waals surface area (Å²) >= 11 is 6.44. The Morgan fingerprint density at radius 3 is 1.38 bits per heavy atom. The minimum Gasteiger partial charge on any atom is -0.493 e. The fraction of sp³-hybridized carbons (Fsp3) is 0.216. The highest BCUT2D eigenvalue weighted by atomic mass is 35.5. The fourth-order valence-electron chi connectivity index (χ4n) is 6.80. The van der Waals surface area contributed by atoms with Crippen molar-refractivity contribution < 1.29 is 41.7 Å². The highest BCUT2D eigenvalue weighted by Crippen LogP contribution is 2.40. The highest BCUT2D eigenvalue weighted by molar-refractivity contribution is 6.33. The smallest absolute Gasteiger partial charge is 0.416 e. The van der Waals surface area contributed by atoms with E-state index in [1.807, 2.05) is 44.2 Å². The van der Waals surface area contributed by atoms with Gasteiger partial charge in [-0.1, -0.05) is 54.1 Å². The van der Waals surface area contributed by atoms with Crippen molar-refractivity contribution in [2.24, 2.45) is 0 Å². The standard InChI is InChI=1S/C26H23F3N2O3.C25H23ClN2O3/c1-25(2,15-30)21-11-10-19(14-20(21)16-5-8-18(9-6-16)26(27,28)29)31-24(32)17-7-12-22(33-3)23(13-17)34-4;1-25(2,15-27)20-11-10-17(14-19(20)18-7-5-6-8-21(18)26)28-24(29)16-9-12-22(30-3)23(13-16)31-4/h5-14H,1-4H3,(H,31,32);5-14H,1-4H3,(H,28,29). The van der Waals surface area contributed by atoms with Crippen LogP contribution >= 0.6 is 11.6 Å². The summed E-state index contributed by atoms with van der Waals surface area (Å²) in [7, 11) is 6.01. The summed E-state index contributed by atoms with van der Waals surface area (Å²) < 4.78 is 60.0. The lowest BCUT2D eigenvalue weighted by molar-refractivity contribution is -0.137. The zero-order valence-corrected chi connectivity index (χ0v) is 37.7. The lowest BCUT2D eigenvalue weighted by atomic mass is 9.81. The van der Waals surface area contributed by atoms with E-state index < -0.39 is 28.5 Å². The molecule has 0 aliphatic carbocycles. The van der Waals surface area contributed by atoms with E-state index in [9.17, 15) is 33.3 Å². The van der Waals surface area contributed by atoms with Gasteiger partial charge in [-0.2, -0.15) is 23.7 Å². The molecule has 0 fully saturated rings. The molecule has 0 aliphatic rings. The molecule has 0 aromatic heterocycles. The lowest BCUT2D eigenvalue weighted by Gasteiger charge is -2.22. The maximum Gasteiger partial charge on any atom is 0.416 e. The second-order valence-electron chi connectivity index (χ2n) is 15.6. The number of nitrogens with zero attached hydrogens (tertiary/aromatic N) is 2. The molecule has 0 radical (unpaired) electrons. The average Bonchev–Trinajstić information content (AvgIpc) is 3.30. The first-order valence-electron chi connectivity index (χ1n) is 19.9. The van der Waals surface area contributed by atoms with Gasteiger partial charge in [0, 0.05) is 33.1 Å². The number of carbonyl (C=O) groups is 2. The lowest BCUT2D eigenvalue weighted by Crippen LogP contribution is -2.17. The van der Waals surface area contributed by atoms with Gasteiger partial charge < -0.3 is 29.6 Å². The first-order chi connectivity index (χ1) is 30.8. The van der Waals surface area contributed by atoms with Crippen molar-refractivity contribution in [1.82, 2.24) is 0 Å². The number of anilines is 2. The van der Waals surface area contributed by atoms with E-state index >= 15 is 0 Å². The summed E-state index contributed by atoms with van der Waals surface area (Å²) in [5, 5.41) is 25.6. The molecule has 0 unspecified atom stereocenters. The Balaban J connectivity index is 0.000000245. The molecule has 14 heteroatoms. The predicted molar refractivity (Wildman–Crippen MR) is 246 cm³/mol. The normalized spacial score (nSPS) is 11.2. The number of alkyl halides is 3. The van der Waals surface area contributed by atoms with E-state index in [1.54, 1.807) is 74.5 Å². The molecule has 0 bridgehead atoms. The summed E-state index contributed by atoms with van der Waals surface area (Å²) in [6.45, 7) is 7.14. The van der Waals surface area contributed by atoms with E-state index in [4.69, 9.17) is 30.5 Å². The number of hydrogen-bond acceptors (Lipinski definition) is 8. The summed E-state index contributed by atoms with van der Waals surface area (Å²) in [6.07, 6.45) is -4.46. The number of amides is 2. The van der Waals surface area contributed by atoms with E-state index in [0.717, 1.165) is 28.8 Å². The molecule has 6 aromatic carbocycles. The van der Waals surface area contributed by atoms with E-state index in [1.165, 1.54) is 46.6 Å². The minimum atomic E-state index is -4.46. The molecule has 10 nitrogen and oxygen atoms in total. The van der Waals surface area contributed by atoms with Gasteiger partial charge in [0.25, 0.3) is 11.8 Å². The van der Waals surface area contributed by atoms with Crippen molar-refractivity contribution in [3.63, 3.8) is 0 Å². The third kappa shape index (κ3) is 11.4. The molecule has 0 spiro atoms. The van der Waals surface area contributed by atoms with Crippen molar-refractivity contribution in [3.05, 3.63) is 154 Å². The number of nitrogens with one attached hydrogen (secondary N) is 2. The van der Waals surface area contributed by atoms with Crippen LogP contribution in [0, 0.1) is 22.7 Å². The van der Waals surface area contributed by atoms with Crippen LogP contribution in [-0.4, -0.2) is 40.3 Å². The number of nitriles is 2. The summed E-state index contributed by atoms with van der Waals surface area (Å²) in [4.78, 5) is 25.7. The number of methoxy groups -OCH3 is 4. The molecule has 0 saturated carbocycles. The number of ether oxygens (including phenoxy) is 4. The predicted octanol–water partition coefficient (Wildman–Crippen LogP) is 12.5. The van der Waals surface area contributed by atoms with Gasteiger partial charge in [-0.3, -0.25) is 9.59 Å². The Labute approximate surface area is 381 Å². The summed E-state index contributed by atoms with van der Waals surface area (Å²) in [6, 6.07) is 36.9. The highest BCUT2D eigenvalue weighted by Gasteiger charge is 2.31. The Morgan fingerprint density at radius 1 is 0.538 bits per heavy atom. The van der Waals surface area contributed by atoms with Crippen molar-refractivity contribution in [2.45, 2.75) is 44.7 Å². The van der Waals surface area contributed by atoms with Crippen molar-refractivity contribution in [2.75, 3.05) is 39.1 Å². The molecule has 2 amide bonds. The van der Waals surface area contributed by atoms with Crippen LogP contribution in [0.25, 0.3) is 22.3 Å². The van der Waals surface area contributed by atoms with Crippen LogP contribution < -0.4 is 29.6 Å². The van der Waals surface area contributed by atoms with Crippen molar-refractivity contribution >= 4 is 34.8 Å². The van der Waals surface area contributed by atoms with E-state index in [0.29, 0.717) is 67.2 Å². The number of carbonyl (C=O) groups excluding carboxylic acids is 2. The number of rotatable bonds is 12. The SMILES string of the molecule is COc1ccc(C(=O)Nc2ccc(C(C)(C)C#N)c(-c3ccc(C(F)(F)F)cc3)c2)cc1OC.COc1ccc(C(=O)Nc2ccc(C(C)(C)C#N)c(-c3ccccc3Cl)c2)cc1OC. The molecule has 334 valence electrons. The topological polar surface area (TPSA) is 143 Å². The largest absolute Gasteiger partial charge is 0.493 e. The number of halogens is 4. The first kappa shape index (κ1) is 48.6. The van der Waals surface area contributed by atoms with Gasteiger partial charge in [0.1, 0.15) is 0 Å². The molecule has 2 N–H and O–H groups in total. The second kappa shape index (κ2) is 20.4. The zero-order valence-electron chi connectivity index (χ0n) is 36.9. The van der Waals surface area contributed by atoms with Gasteiger partial charge in [-0.15, -0.1) is 0 Å². The molecule has 0 saturated heterocycles. The van der Waals surface area contributed by atoms with Crippen LogP contribution in [-0.2, 0) is 17.0 Å². The first-order valence-corrected chi connectivity index (χ1v) is 20.3. The van der Waals surface area contributed by atoms with Crippen LogP contribution in [0.1, 0.15) is 65.1 Å². The average molecular weight is 903 g/mol. The summed E-state index contributed by atoms with van der Waals surface area (Å²) in [5.74, 6) is 1.18.